The Hall–Kier alpha value is -4.48. The summed E-state index contributed by atoms with van der Waals surface area (Å²) in [5.74, 6) is 2.78. The van der Waals surface area contributed by atoms with Crippen LogP contribution in [0.2, 0.25) is 0 Å². The van der Waals surface area contributed by atoms with Gasteiger partial charge in [0.2, 0.25) is 0 Å². The summed E-state index contributed by atoms with van der Waals surface area (Å²) in [6.07, 6.45) is 21.4. The van der Waals surface area contributed by atoms with Crippen molar-refractivity contribution < 1.29 is 8.39 Å². The zero-order valence-corrected chi connectivity index (χ0v) is 25.8. The quantitative estimate of drug-likeness (QED) is 0.153. The number of benzene rings is 4. The molecule has 1 heterocycles. The van der Waals surface area contributed by atoms with Gasteiger partial charge in [0.05, 0.1) is 5.92 Å². The van der Waals surface area contributed by atoms with Crippen LogP contribution in [-0.2, 0) is 0 Å². The van der Waals surface area contributed by atoms with Gasteiger partial charge < -0.3 is 8.39 Å². The summed E-state index contributed by atoms with van der Waals surface area (Å²) in [4.78, 5) is 0. The van der Waals surface area contributed by atoms with Crippen molar-refractivity contribution in [2.75, 3.05) is 4.67 Å². The maximum atomic E-state index is 7.00. The van der Waals surface area contributed by atoms with Crippen molar-refractivity contribution in [2.45, 2.75) is 39.3 Å². The van der Waals surface area contributed by atoms with Gasteiger partial charge in [-0.15, -0.1) is 6.42 Å². The fourth-order valence-corrected chi connectivity index (χ4v) is 7.52. The zero-order chi connectivity index (χ0) is 29.9. The largest absolute Gasteiger partial charge is 0.408 e. The lowest BCUT2D eigenvalue weighted by molar-refractivity contribution is 0.586. The Balaban J connectivity index is 1.65. The highest BCUT2D eigenvalue weighted by Gasteiger charge is 2.29. The predicted molar refractivity (Wildman–Crippen MR) is 186 cm³/mol. The summed E-state index contributed by atoms with van der Waals surface area (Å²) in [5.41, 5.74) is 3.84. The van der Waals surface area contributed by atoms with Crippen molar-refractivity contribution in [3.63, 3.8) is 0 Å². The molecular formula is C39H36NO2P. The highest BCUT2D eigenvalue weighted by Crippen LogP contribution is 2.44. The van der Waals surface area contributed by atoms with Crippen molar-refractivity contribution >= 4 is 51.6 Å². The monoisotopic (exact) mass is 581 g/mol. The average molecular weight is 582 g/mol. The molecule has 0 fully saturated rings. The van der Waals surface area contributed by atoms with Gasteiger partial charge in [0.15, 0.2) is 0 Å². The molecule has 0 amide bonds. The molecule has 1 aromatic heterocycles. The summed E-state index contributed by atoms with van der Waals surface area (Å²) in [5, 5.41) is 6.75. The maximum absolute atomic E-state index is 7.00. The lowest BCUT2D eigenvalue weighted by atomic mass is 9.99. The summed E-state index contributed by atoms with van der Waals surface area (Å²) >= 11 is 0. The van der Waals surface area contributed by atoms with Gasteiger partial charge in [0, 0.05) is 22.9 Å². The molecule has 43 heavy (non-hydrogen) atoms. The van der Waals surface area contributed by atoms with E-state index in [-0.39, 0.29) is 18.0 Å². The average Bonchev–Trinajstić information content (AvgIpc) is 3.20. The molecule has 4 aromatic carbocycles. The number of hydrogen-bond acceptors (Lipinski definition) is 3. The Labute approximate surface area is 254 Å². The van der Waals surface area contributed by atoms with Crippen molar-refractivity contribution in [1.82, 2.24) is 0 Å². The minimum Gasteiger partial charge on any atom is -0.408 e. The molecule has 214 valence electrons. The minimum atomic E-state index is -1.60. The van der Waals surface area contributed by atoms with Crippen LogP contribution in [0, 0.1) is 18.3 Å². The van der Waals surface area contributed by atoms with Gasteiger partial charge in [-0.05, 0) is 66.4 Å². The van der Waals surface area contributed by atoms with Crippen LogP contribution < -0.4 is 4.67 Å². The number of rotatable bonds is 5. The molecule has 0 saturated carbocycles. The summed E-state index contributed by atoms with van der Waals surface area (Å²) < 4.78 is 16.3. The van der Waals surface area contributed by atoms with Crippen molar-refractivity contribution in [1.29, 1.82) is 0 Å². The second-order valence-corrected chi connectivity index (χ2v) is 12.4. The fourth-order valence-electron chi connectivity index (χ4n) is 5.76. The summed E-state index contributed by atoms with van der Waals surface area (Å²) in [7, 11) is -1.60. The molecule has 0 aliphatic heterocycles. The van der Waals surface area contributed by atoms with Crippen LogP contribution in [0.15, 0.2) is 141 Å². The normalized spacial score (nSPS) is 20.3. The van der Waals surface area contributed by atoms with E-state index in [0.29, 0.717) is 0 Å². The Kier molecular flexibility index (Phi) is 8.26. The molecule has 0 radical (unpaired) electrons. The van der Waals surface area contributed by atoms with Crippen LogP contribution >= 0.6 is 8.16 Å². The lowest BCUT2D eigenvalue weighted by Crippen LogP contribution is -2.39. The second kappa shape index (κ2) is 12.4. The number of allylic oxidation sites excluding steroid dienone is 6. The first-order valence-corrected chi connectivity index (χ1v) is 15.9. The molecule has 3 nitrogen and oxygen atoms in total. The SMILES string of the molecule is C#CC1/C=C\C=C/C/C=C(C(C)N(C(C)C(=C)C)p2oc3ccc4ccccc4c3c3c(ccc4ccccc43)o2)\C=C/1. The van der Waals surface area contributed by atoms with E-state index in [1.54, 1.807) is 0 Å². The molecule has 0 saturated heterocycles. The van der Waals surface area contributed by atoms with Gasteiger partial charge in [-0.2, -0.15) is 4.67 Å². The molecular weight excluding hydrogens is 545 g/mol. The van der Waals surface area contributed by atoms with Gasteiger partial charge in [-0.3, -0.25) is 0 Å². The van der Waals surface area contributed by atoms with Gasteiger partial charge in [-0.25, -0.2) is 0 Å². The molecule has 5 aromatic rings. The van der Waals surface area contributed by atoms with Gasteiger partial charge in [-0.1, -0.05) is 121 Å². The Morgan fingerprint density at radius 2 is 1.49 bits per heavy atom. The van der Waals surface area contributed by atoms with E-state index >= 15 is 0 Å². The highest BCUT2D eigenvalue weighted by molar-refractivity contribution is 7.39. The van der Waals surface area contributed by atoms with E-state index in [2.05, 4.69) is 141 Å². The summed E-state index contributed by atoms with van der Waals surface area (Å²) in [6.45, 7) is 10.8. The first kappa shape index (κ1) is 28.6. The Morgan fingerprint density at radius 1 is 0.884 bits per heavy atom. The number of hydrogen-bond donors (Lipinski definition) is 0. The van der Waals surface area contributed by atoms with Crippen molar-refractivity contribution in [3.05, 3.63) is 133 Å². The van der Waals surface area contributed by atoms with E-state index < -0.39 is 8.16 Å². The maximum Gasteiger partial charge on any atom is 0.310 e. The topological polar surface area (TPSA) is 29.5 Å². The smallest absolute Gasteiger partial charge is 0.310 e. The van der Waals surface area contributed by atoms with E-state index in [9.17, 15) is 0 Å². The van der Waals surface area contributed by atoms with Crippen LogP contribution in [0.3, 0.4) is 0 Å². The Bertz CT molecular complexity index is 1950. The molecule has 4 heteroatoms. The first-order chi connectivity index (χ1) is 21.0. The third-order valence-corrected chi connectivity index (χ3v) is 10.1. The van der Waals surface area contributed by atoms with Crippen LogP contribution in [-0.4, -0.2) is 12.1 Å². The number of terminal acetylenes is 1. The van der Waals surface area contributed by atoms with Gasteiger partial charge in [0.25, 0.3) is 0 Å². The van der Waals surface area contributed by atoms with Crippen LogP contribution in [0.5, 0.6) is 0 Å². The second-order valence-electron chi connectivity index (χ2n) is 11.1. The lowest BCUT2D eigenvalue weighted by Gasteiger charge is -2.32. The molecule has 0 spiro atoms. The van der Waals surface area contributed by atoms with E-state index in [1.165, 1.54) is 0 Å². The number of nitrogens with zero attached hydrogens (tertiary/aromatic N) is 1. The zero-order valence-electron chi connectivity index (χ0n) is 24.9. The predicted octanol–water partition coefficient (Wildman–Crippen LogP) is 11.1. The van der Waals surface area contributed by atoms with Crippen LogP contribution in [0.25, 0.3) is 43.5 Å². The molecule has 0 N–H and O–H groups in total. The van der Waals surface area contributed by atoms with E-state index in [4.69, 9.17) is 14.8 Å². The third kappa shape index (κ3) is 5.65. The molecule has 6 rings (SSSR count). The van der Waals surface area contributed by atoms with Gasteiger partial charge >= 0.3 is 8.16 Å². The molecule has 3 unspecified atom stereocenters. The van der Waals surface area contributed by atoms with Crippen LogP contribution in [0.4, 0.5) is 0 Å². The number of fused-ring (bicyclic) bond motifs is 7. The molecule has 1 aliphatic carbocycles. The van der Waals surface area contributed by atoms with Gasteiger partial charge in [0.1, 0.15) is 11.2 Å². The van der Waals surface area contributed by atoms with E-state index in [0.717, 1.165) is 61.1 Å². The first-order valence-electron chi connectivity index (χ1n) is 14.8. The fraction of sp³-hybridized carbons (Fsp3) is 0.179. The minimum absolute atomic E-state index is 0.0180. The standard InChI is InChI=1S/C39H36NO2P/c1-6-30-15-9-7-8-10-16-31(22-21-30)29(5)40(28(4)27(2)3)43-41-36-25-23-32-17-11-13-19-34(32)38(36)39-35-20-14-12-18-33(35)24-26-37(39)42-43/h1,7-9,11-26,28-30H,2,10H2,3-5H3/b8-7-,15-9-,22-21-,31-16+. The third-order valence-electron chi connectivity index (χ3n) is 8.31. The molecule has 3 atom stereocenters. The molecule has 1 aliphatic rings. The molecule has 0 bridgehead atoms. The summed E-state index contributed by atoms with van der Waals surface area (Å²) in [6, 6.07) is 25.4. The van der Waals surface area contributed by atoms with Crippen molar-refractivity contribution in [3.8, 4) is 12.3 Å². The van der Waals surface area contributed by atoms with Crippen LogP contribution in [0.1, 0.15) is 27.2 Å². The van der Waals surface area contributed by atoms with E-state index in [1.807, 2.05) is 12.2 Å². The highest BCUT2D eigenvalue weighted by atomic mass is 31.1. The Morgan fingerprint density at radius 3 is 2.07 bits per heavy atom. The van der Waals surface area contributed by atoms with Crippen molar-refractivity contribution in [2.24, 2.45) is 5.92 Å².